The van der Waals surface area contributed by atoms with Crippen LogP contribution >= 0.6 is 0 Å². The Morgan fingerprint density at radius 2 is 2.00 bits per heavy atom. The molecule has 0 saturated carbocycles. The molecule has 0 aliphatic carbocycles. The summed E-state index contributed by atoms with van der Waals surface area (Å²) in [6.45, 7) is 3.07. The Morgan fingerprint density at radius 3 is 2.47 bits per heavy atom. The van der Waals surface area contributed by atoms with Gasteiger partial charge in [-0.05, 0) is 32.2 Å². The first kappa shape index (κ1) is 12.9. The molecular formula is C9H21N3O2S. The SMILES string of the molecule is CC1CCC(CN)CN1S(=O)(=O)N(C)C. The van der Waals surface area contributed by atoms with Crippen LogP contribution in [0.1, 0.15) is 19.8 Å². The van der Waals surface area contributed by atoms with Crippen LogP contribution < -0.4 is 5.73 Å². The molecule has 0 aromatic rings. The van der Waals surface area contributed by atoms with Crippen molar-refractivity contribution in [3.8, 4) is 0 Å². The van der Waals surface area contributed by atoms with Crippen LogP contribution in [0.4, 0.5) is 0 Å². The fourth-order valence-electron chi connectivity index (χ4n) is 1.87. The molecule has 0 bridgehead atoms. The minimum absolute atomic E-state index is 0.0835. The third kappa shape index (κ3) is 2.69. The summed E-state index contributed by atoms with van der Waals surface area (Å²) in [5, 5.41) is 0. The van der Waals surface area contributed by atoms with E-state index in [9.17, 15) is 8.42 Å². The highest BCUT2D eigenvalue weighted by molar-refractivity contribution is 7.86. The van der Waals surface area contributed by atoms with Gasteiger partial charge in [0.25, 0.3) is 10.2 Å². The van der Waals surface area contributed by atoms with Gasteiger partial charge in [-0.3, -0.25) is 0 Å². The van der Waals surface area contributed by atoms with Crippen molar-refractivity contribution in [2.24, 2.45) is 11.7 Å². The van der Waals surface area contributed by atoms with Crippen LogP contribution in [0.3, 0.4) is 0 Å². The average molecular weight is 235 g/mol. The van der Waals surface area contributed by atoms with E-state index in [2.05, 4.69) is 0 Å². The molecule has 2 atom stereocenters. The Kier molecular flexibility index (Phi) is 4.11. The third-order valence-corrected chi connectivity index (χ3v) is 5.04. The maximum atomic E-state index is 12.0. The second-order valence-corrected chi connectivity index (χ2v) is 6.48. The highest BCUT2D eigenvalue weighted by Gasteiger charge is 2.34. The molecule has 1 heterocycles. The van der Waals surface area contributed by atoms with Crippen LogP contribution in [-0.2, 0) is 10.2 Å². The Morgan fingerprint density at radius 1 is 1.40 bits per heavy atom. The zero-order valence-corrected chi connectivity index (χ0v) is 10.5. The van der Waals surface area contributed by atoms with Gasteiger partial charge in [-0.1, -0.05) is 0 Å². The van der Waals surface area contributed by atoms with E-state index in [1.54, 1.807) is 18.4 Å². The summed E-state index contributed by atoms with van der Waals surface area (Å²) in [6.07, 6.45) is 1.92. The van der Waals surface area contributed by atoms with E-state index in [4.69, 9.17) is 5.73 Å². The van der Waals surface area contributed by atoms with Crippen LogP contribution in [0.5, 0.6) is 0 Å². The van der Waals surface area contributed by atoms with Gasteiger partial charge >= 0.3 is 0 Å². The molecule has 0 aromatic carbocycles. The summed E-state index contributed by atoms with van der Waals surface area (Å²) in [7, 11) is -0.154. The quantitative estimate of drug-likeness (QED) is 0.740. The molecule has 0 spiro atoms. The Balaban J connectivity index is 2.83. The second kappa shape index (κ2) is 4.78. The summed E-state index contributed by atoms with van der Waals surface area (Å²) in [4.78, 5) is 0. The standard InChI is InChI=1S/C9H21N3O2S/c1-8-4-5-9(6-10)7-12(8)15(13,14)11(2)3/h8-9H,4-7,10H2,1-3H3. The van der Waals surface area contributed by atoms with Crippen molar-refractivity contribution in [3.05, 3.63) is 0 Å². The summed E-state index contributed by atoms with van der Waals surface area (Å²) in [6, 6.07) is 0.0835. The minimum atomic E-state index is -3.28. The van der Waals surface area contributed by atoms with E-state index >= 15 is 0 Å². The number of hydrogen-bond donors (Lipinski definition) is 1. The van der Waals surface area contributed by atoms with Crippen LogP contribution in [0.25, 0.3) is 0 Å². The fraction of sp³-hybridized carbons (Fsp3) is 1.00. The van der Waals surface area contributed by atoms with Crippen molar-refractivity contribution < 1.29 is 8.42 Å². The lowest BCUT2D eigenvalue weighted by molar-refractivity contribution is 0.202. The Labute approximate surface area is 92.4 Å². The molecule has 5 nitrogen and oxygen atoms in total. The second-order valence-electron chi connectivity index (χ2n) is 4.39. The Hall–Kier alpha value is -0.170. The first-order valence-electron chi connectivity index (χ1n) is 5.29. The lowest BCUT2D eigenvalue weighted by Gasteiger charge is -2.37. The predicted molar refractivity (Wildman–Crippen MR) is 60.6 cm³/mol. The first-order valence-corrected chi connectivity index (χ1v) is 6.68. The summed E-state index contributed by atoms with van der Waals surface area (Å²) < 4.78 is 26.8. The molecule has 1 aliphatic rings. The summed E-state index contributed by atoms with van der Waals surface area (Å²) in [5.41, 5.74) is 5.60. The minimum Gasteiger partial charge on any atom is -0.330 e. The van der Waals surface area contributed by atoms with E-state index < -0.39 is 10.2 Å². The largest absolute Gasteiger partial charge is 0.330 e. The van der Waals surface area contributed by atoms with Gasteiger partial charge in [-0.15, -0.1) is 0 Å². The number of hydrogen-bond acceptors (Lipinski definition) is 3. The van der Waals surface area contributed by atoms with Gasteiger partial charge in [0.05, 0.1) is 0 Å². The molecule has 0 radical (unpaired) electrons. The van der Waals surface area contributed by atoms with E-state index in [1.807, 2.05) is 6.92 Å². The van der Waals surface area contributed by atoms with Crippen LogP contribution in [0, 0.1) is 5.92 Å². The lowest BCUT2D eigenvalue weighted by Crippen LogP contribution is -2.50. The van der Waals surface area contributed by atoms with Gasteiger partial charge in [0.15, 0.2) is 0 Å². The number of nitrogens with two attached hydrogens (primary N) is 1. The van der Waals surface area contributed by atoms with Crippen molar-refractivity contribution in [2.45, 2.75) is 25.8 Å². The van der Waals surface area contributed by atoms with Gasteiger partial charge in [0.2, 0.25) is 0 Å². The van der Waals surface area contributed by atoms with Gasteiger partial charge in [0.1, 0.15) is 0 Å². The summed E-state index contributed by atoms with van der Waals surface area (Å²) >= 11 is 0. The topological polar surface area (TPSA) is 66.6 Å². The van der Waals surface area contributed by atoms with Crippen molar-refractivity contribution >= 4 is 10.2 Å². The number of rotatable bonds is 3. The van der Waals surface area contributed by atoms with Crippen LogP contribution in [-0.4, -0.2) is 50.3 Å². The molecule has 90 valence electrons. The Bertz CT molecular complexity index is 302. The molecule has 6 heteroatoms. The first-order chi connectivity index (χ1) is 6.89. The van der Waals surface area contributed by atoms with Crippen molar-refractivity contribution in [1.82, 2.24) is 8.61 Å². The van der Waals surface area contributed by atoms with E-state index in [-0.39, 0.29) is 6.04 Å². The smallest absolute Gasteiger partial charge is 0.281 e. The van der Waals surface area contributed by atoms with E-state index in [0.29, 0.717) is 19.0 Å². The monoisotopic (exact) mass is 235 g/mol. The zero-order chi connectivity index (χ0) is 11.6. The van der Waals surface area contributed by atoms with Crippen molar-refractivity contribution in [1.29, 1.82) is 0 Å². The van der Waals surface area contributed by atoms with Crippen LogP contribution in [0.2, 0.25) is 0 Å². The van der Waals surface area contributed by atoms with E-state index in [0.717, 1.165) is 12.8 Å². The molecule has 2 unspecified atom stereocenters. The lowest BCUT2D eigenvalue weighted by atomic mass is 9.96. The third-order valence-electron chi connectivity index (χ3n) is 3.01. The fourth-order valence-corrected chi connectivity index (χ4v) is 3.25. The maximum Gasteiger partial charge on any atom is 0.281 e. The zero-order valence-electron chi connectivity index (χ0n) is 9.68. The maximum absolute atomic E-state index is 12.0. The predicted octanol–water partition coefficient (Wildman–Crippen LogP) is -0.148. The summed E-state index contributed by atoms with van der Waals surface area (Å²) in [5.74, 6) is 0.302. The van der Waals surface area contributed by atoms with Crippen molar-refractivity contribution in [2.75, 3.05) is 27.2 Å². The molecule has 1 fully saturated rings. The molecule has 2 N–H and O–H groups in total. The highest BCUT2D eigenvalue weighted by Crippen LogP contribution is 2.24. The molecule has 0 aromatic heterocycles. The number of nitrogens with zero attached hydrogens (tertiary/aromatic N) is 2. The highest BCUT2D eigenvalue weighted by atomic mass is 32.2. The van der Waals surface area contributed by atoms with Gasteiger partial charge < -0.3 is 5.73 Å². The normalized spacial score (nSPS) is 29.7. The van der Waals surface area contributed by atoms with Gasteiger partial charge in [-0.2, -0.15) is 17.0 Å². The van der Waals surface area contributed by atoms with Crippen molar-refractivity contribution in [3.63, 3.8) is 0 Å². The molecule has 1 aliphatic heterocycles. The average Bonchev–Trinajstić information content (AvgIpc) is 2.18. The number of piperidine rings is 1. The van der Waals surface area contributed by atoms with E-state index in [1.165, 1.54) is 4.31 Å². The molecular weight excluding hydrogens is 214 g/mol. The molecule has 15 heavy (non-hydrogen) atoms. The van der Waals surface area contributed by atoms with Crippen LogP contribution in [0.15, 0.2) is 0 Å². The molecule has 1 rings (SSSR count). The molecule has 1 saturated heterocycles. The van der Waals surface area contributed by atoms with Gasteiger partial charge in [-0.25, -0.2) is 0 Å². The molecule has 0 amide bonds. The van der Waals surface area contributed by atoms with Gasteiger partial charge in [0, 0.05) is 26.7 Å².